The Balaban J connectivity index is 1.73. The number of aromatic nitrogens is 2. The van der Waals surface area contributed by atoms with Crippen LogP contribution in [0.2, 0.25) is 0 Å². The predicted molar refractivity (Wildman–Crippen MR) is 68.3 cm³/mol. The van der Waals surface area contributed by atoms with Crippen molar-refractivity contribution in [1.29, 1.82) is 0 Å². The van der Waals surface area contributed by atoms with Crippen LogP contribution >= 0.6 is 0 Å². The van der Waals surface area contributed by atoms with Gasteiger partial charge in [-0.15, -0.1) is 0 Å². The van der Waals surface area contributed by atoms with Gasteiger partial charge in [0.25, 0.3) is 0 Å². The molecule has 1 N–H and O–H groups in total. The molecule has 100 valence electrons. The highest BCUT2D eigenvalue weighted by atomic mass is 19.1. The normalized spacial score (nSPS) is 16.7. The molecule has 5 heteroatoms. The number of hydrogen-bond donors (Lipinski definition) is 1. The van der Waals surface area contributed by atoms with Crippen LogP contribution in [0.15, 0.2) is 28.8 Å². The number of nitrogens with one attached hydrogen (secondary N) is 1. The molecule has 0 spiro atoms. The molecule has 0 amide bonds. The summed E-state index contributed by atoms with van der Waals surface area (Å²) in [5, 5.41) is 7.33. The van der Waals surface area contributed by atoms with E-state index in [-0.39, 0.29) is 5.82 Å². The minimum atomic E-state index is -0.232. The van der Waals surface area contributed by atoms with Gasteiger partial charge in [-0.2, -0.15) is 4.98 Å². The van der Waals surface area contributed by atoms with Crippen molar-refractivity contribution < 1.29 is 8.91 Å². The molecule has 1 aromatic carbocycles. The van der Waals surface area contributed by atoms with Gasteiger partial charge >= 0.3 is 0 Å². The molecule has 1 aromatic heterocycles. The second-order valence-electron chi connectivity index (χ2n) is 4.84. The van der Waals surface area contributed by atoms with E-state index in [4.69, 9.17) is 4.52 Å². The maximum absolute atomic E-state index is 13.5. The van der Waals surface area contributed by atoms with Gasteiger partial charge in [0.15, 0.2) is 5.82 Å². The van der Waals surface area contributed by atoms with Gasteiger partial charge in [-0.1, -0.05) is 23.4 Å². The van der Waals surface area contributed by atoms with Gasteiger partial charge < -0.3 is 9.84 Å². The van der Waals surface area contributed by atoms with Gasteiger partial charge in [0, 0.05) is 5.92 Å². The lowest BCUT2D eigenvalue weighted by Gasteiger charge is -2.18. The van der Waals surface area contributed by atoms with Gasteiger partial charge in [0.1, 0.15) is 5.82 Å². The molecule has 4 nitrogen and oxygen atoms in total. The number of nitrogens with zero attached hydrogens (tertiary/aromatic N) is 2. The Bertz CT molecular complexity index is 549. The monoisotopic (exact) mass is 261 g/mol. The molecule has 1 aliphatic rings. The van der Waals surface area contributed by atoms with Crippen LogP contribution in [0.4, 0.5) is 4.39 Å². The van der Waals surface area contributed by atoms with Crippen molar-refractivity contribution in [2.45, 2.75) is 25.2 Å². The lowest BCUT2D eigenvalue weighted by molar-refractivity contribution is 0.364. The van der Waals surface area contributed by atoms with E-state index in [1.165, 1.54) is 6.07 Å². The molecule has 0 bridgehead atoms. The Morgan fingerprint density at radius 1 is 1.26 bits per heavy atom. The maximum atomic E-state index is 13.5. The zero-order valence-corrected chi connectivity index (χ0v) is 10.6. The van der Waals surface area contributed by atoms with Crippen LogP contribution in [0.5, 0.6) is 0 Å². The van der Waals surface area contributed by atoms with E-state index in [2.05, 4.69) is 15.5 Å². The van der Waals surface area contributed by atoms with E-state index in [0.717, 1.165) is 31.8 Å². The second-order valence-corrected chi connectivity index (χ2v) is 4.84. The van der Waals surface area contributed by atoms with E-state index in [1.54, 1.807) is 12.1 Å². The molecule has 1 aliphatic heterocycles. The summed E-state index contributed by atoms with van der Waals surface area (Å²) < 4.78 is 18.8. The number of piperidine rings is 1. The molecule has 1 fully saturated rings. The van der Waals surface area contributed by atoms with Crippen LogP contribution in [-0.4, -0.2) is 23.2 Å². The van der Waals surface area contributed by atoms with E-state index in [0.29, 0.717) is 23.8 Å². The smallest absolute Gasteiger partial charge is 0.231 e. The Morgan fingerprint density at radius 3 is 2.84 bits per heavy atom. The first-order valence-corrected chi connectivity index (χ1v) is 6.59. The molecular formula is C14H16FN3O. The SMILES string of the molecule is Fc1ccccc1Cc1nc(C2CCNCC2)no1. The number of halogens is 1. The van der Waals surface area contributed by atoms with Crippen LogP contribution in [0, 0.1) is 5.82 Å². The maximum Gasteiger partial charge on any atom is 0.231 e. The summed E-state index contributed by atoms with van der Waals surface area (Å²) in [6.45, 7) is 1.98. The van der Waals surface area contributed by atoms with Crippen molar-refractivity contribution in [3.8, 4) is 0 Å². The van der Waals surface area contributed by atoms with Crippen molar-refractivity contribution in [2.75, 3.05) is 13.1 Å². The third kappa shape index (κ3) is 2.81. The van der Waals surface area contributed by atoms with Crippen molar-refractivity contribution in [1.82, 2.24) is 15.5 Å². The van der Waals surface area contributed by atoms with Gasteiger partial charge in [-0.05, 0) is 37.6 Å². The lowest BCUT2D eigenvalue weighted by Crippen LogP contribution is -2.27. The summed E-state index contributed by atoms with van der Waals surface area (Å²) in [4.78, 5) is 4.40. The molecule has 0 unspecified atom stereocenters. The second kappa shape index (κ2) is 5.48. The quantitative estimate of drug-likeness (QED) is 0.920. The van der Waals surface area contributed by atoms with Gasteiger partial charge in [-0.3, -0.25) is 0 Å². The Labute approximate surface area is 111 Å². The standard InChI is InChI=1S/C14H16FN3O/c15-12-4-2-1-3-11(12)9-13-17-14(18-19-13)10-5-7-16-8-6-10/h1-4,10,16H,5-9H2. The van der Waals surface area contributed by atoms with Crippen LogP contribution in [-0.2, 0) is 6.42 Å². The van der Waals surface area contributed by atoms with Gasteiger partial charge in [0.2, 0.25) is 5.89 Å². The molecule has 2 heterocycles. The first kappa shape index (κ1) is 12.3. The van der Waals surface area contributed by atoms with Crippen LogP contribution in [0.25, 0.3) is 0 Å². The summed E-state index contributed by atoms with van der Waals surface area (Å²) in [5.74, 6) is 1.37. The Hall–Kier alpha value is -1.75. The molecule has 2 aromatic rings. The fraction of sp³-hybridized carbons (Fsp3) is 0.429. The molecule has 0 radical (unpaired) electrons. The van der Waals surface area contributed by atoms with Crippen LogP contribution in [0.3, 0.4) is 0 Å². The van der Waals surface area contributed by atoms with Gasteiger partial charge in [0.05, 0.1) is 6.42 Å². The molecule has 0 atom stereocenters. The fourth-order valence-electron chi connectivity index (χ4n) is 2.39. The number of benzene rings is 1. The zero-order chi connectivity index (χ0) is 13.1. The average Bonchev–Trinajstić information content (AvgIpc) is 2.91. The molecule has 3 rings (SSSR count). The van der Waals surface area contributed by atoms with Gasteiger partial charge in [-0.25, -0.2) is 4.39 Å². The highest BCUT2D eigenvalue weighted by Gasteiger charge is 2.20. The van der Waals surface area contributed by atoms with E-state index >= 15 is 0 Å². The molecular weight excluding hydrogens is 245 g/mol. The first-order valence-electron chi connectivity index (χ1n) is 6.59. The van der Waals surface area contributed by atoms with Crippen molar-refractivity contribution in [3.05, 3.63) is 47.4 Å². The first-order chi connectivity index (χ1) is 9.33. The van der Waals surface area contributed by atoms with Crippen molar-refractivity contribution in [2.24, 2.45) is 0 Å². The molecule has 19 heavy (non-hydrogen) atoms. The largest absolute Gasteiger partial charge is 0.339 e. The van der Waals surface area contributed by atoms with Crippen molar-refractivity contribution >= 4 is 0 Å². The summed E-state index contributed by atoms with van der Waals surface area (Å²) in [6.07, 6.45) is 2.40. The zero-order valence-electron chi connectivity index (χ0n) is 10.6. The fourth-order valence-corrected chi connectivity index (χ4v) is 2.39. The predicted octanol–water partition coefficient (Wildman–Crippen LogP) is 2.27. The topological polar surface area (TPSA) is 51.0 Å². The molecule has 0 aliphatic carbocycles. The summed E-state index contributed by atoms with van der Waals surface area (Å²) >= 11 is 0. The van der Waals surface area contributed by atoms with E-state index in [9.17, 15) is 4.39 Å². The minimum absolute atomic E-state index is 0.232. The van der Waals surface area contributed by atoms with Crippen LogP contribution in [0.1, 0.15) is 36.0 Å². The summed E-state index contributed by atoms with van der Waals surface area (Å²) in [5.41, 5.74) is 0.586. The van der Waals surface area contributed by atoms with Crippen LogP contribution < -0.4 is 5.32 Å². The van der Waals surface area contributed by atoms with Crippen molar-refractivity contribution in [3.63, 3.8) is 0 Å². The lowest BCUT2D eigenvalue weighted by atomic mass is 9.98. The third-order valence-electron chi connectivity index (χ3n) is 3.49. The Morgan fingerprint density at radius 2 is 2.05 bits per heavy atom. The summed E-state index contributed by atoms with van der Waals surface area (Å²) in [6, 6.07) is 6.67. The minimum Gasteiger partial charge on any atom is -0.339 e. The highest BCUT2D eigenvalue weighted by molar-refractivity contribution is 5.20. The van der Waals surface area contributed by atoms with E-state index in [1.807, 2.05) is 6.07 Å². The molecule has 1 saturated heterocycles. The summed E-state index contributed by atoms with van der Waals surface area (Å²) in [7, 11) is 0. The van der Waals surface area contributed by atoms with E-state index < -0.39 is 0 Å². The third-order valence-corrected chi connectivity index (χ3v) is 3.49. The highest BCUT2D eigenvalue weighted by Crippen LogP contribution is 2.23. The molecule has 0 saturated carbocycles. The average molecular weight is 261 g/mol. The Kier molecular flexibility index (Phi) is 3.55. The number of hydrogen-bond acceptors (Lipinski definition) is 4. The number of rotatable bonds is 3.